The number of amides is 1. The molecule has 0 aliphatic carbocycles. The average molecular weight is 347 g/mol. The monoisotopic (exact) mass is 347 g/mol. The molecular formula is C15H17N5O3S. The molecule has 0 aromatic carbocycles. The van der Waals surface area contributed by atoms with Crippen LogP contribution in [0.2, 0.25) is 0 Å². The van der Waals surface area contributed by atoms with Crippen LogP contribution in [-0.2, 0) is 17.8 Å². The van der Waals surface area contributed by atoms with Gasteiger partial charge in [0, 0.05) is 12.5 Å². The maximum atomic E-state index is 12.2. The second-order valence-electron chi connectivity index (χ2n) is 5.37. The van der Waals surface area contributed by atoms with E-state index in [-0.39, 0.29) is 18.5 Å². The van der Waals surface area contributed by atoms with Crippen LogP contribution in [0.25, 0.3) is 5.00 Å². The van der Waals surface area contributed by atoms with E-state index >= 15 is 0 Å². The van der Waals surface area contributed by atoms with E-state index < -0.39 is 5.69 Å². The Labute approximate surface area is 141 Å². The van der Waals surface area contributed by atoms with Crippen molar-refractivity contribution >= 4 is 17.2 Å². The van der Waals surface area contributed by atoms with E-state index in [0.717, 1.165) is 23.3 Å². The number of furan rings is 1. The van der Waals surface area contributed by atoms with Crippen LogP contribution >= 0.6 is 11.3 Å². The SMILES string of the molecule is C[C@H](CCc1ccco1)NC(=O)Cn1nnn(-c2cccs2)c1=O. The fourth-order valence-corrected chi connectivity index (χ4v) is 2.91. The first-order valence-corrected chi connectivity index (χ1v) is 8.40. The van der Waals surface area contributed by atoms with E-state index in [1.807, 2.05) is 30.5 Å². The molecule has 0 aliphatic rings. The largest absolute Gasteiger partial charge is 0.469 e. The number of hydrogen-bond acceptors (Lipinski definition) is 6. The van der Waals surface area contributed by atoms with E-state index in [9.17, 15) is 9.59 Å². The lowest BCUT2D eigenvalue weighted by Gasteiger charge is -2.12. The summed E-state index contributed by atoms with van der Waals surface area (Å²) < 4.78 is 7.49. The molecule has 1 N–H and O–H groups in total. The Morgan fingerprint density at radius 1 is 1.38 bits per heavy atom. The van der Waals surface area contributed by atoms with Crippen LogP contribution in [0.3, 0.4) is 0 Å². The first kappa shape index (κ1) is 16.2. The van der Waals surface area contributed by atoms with Gasteiger partial charge in [-0.2, -0.15) is 9.36 Å². The van der Waals surface area contributed by atoms with Gasteiger partial charge in [-0.15, -0.1) is 11.3 Å². The number of rotatable bonds is 7. The summed E-state index contributed by atoms with van der Waals surface area (Å²) in [5, 5.41) is 12.9. The molecule has 24 heavy (non-hydrogen) atoms. The molecule has 0 spiro atoms. The fourth-order valence-electron chi connectivity index (χ4n) is 2.24. The van der Waals surface area contributed by atoms with E-state index in [1.54, 1.807) is 12.3 Å². The van der Waals surface area contributed by atoms with E-state index in [0.29, 0.717) is 5.00 Å². The molecule has 3 aromatic rings. The van der Waals surface area contributed by atoms with Crippen molar-refractivity contribution in [3.8, 4) is 5.00 Å². The van der Waals surface area contributed by atoms with Crippen molar-refractivity contribution < 1.29 is 9.21 Å². The molecule has 0 aliphatic heterocycles. The number of nitrogens with one attached hydrogen (secondary N) is 1. The predicted molar refractivity (Wildman–Crippen MR) is 88.1 cm³/mol. The molecule has 3 heterocycles. The van der Waals surface area contributed by atoms with Gasteiger partial charge in [0.15, 0.2) is 0 Å². The number of aryl methyl sites for hydroxylation is 1. The summed E-state index contributed by atoms with van der Waals surface area (Å²) in [6.45, 7) is 1.75. The van der Waals surface area contributed by atoms with Gasteiger partial charge in [0.05, 0.1) is 6.26 Å². The van der Waals surface area contributed by atoms with Crippen LogP contribution in [0.4, 0.5) is 0 Å². The van der Waals surface area contributed by atoms with Crippen molar-refractivity contribution in [2.75, 3.05) is 0 Å². The Bertz CT molecular complexity index is 835. The van der Waals surface area contributed by atoms with Gasteiger partial charge < -0.3 is 9.73 Å². The second kappa shape index (κ2) is 7.26. The number of tetrazole rings is 1. The van der Waals surface area contributed by atoms with Crippen molar-refractivity contribution in [1.82, 2.24) is 25.1 Å². The normalized spacial score (nSPS) is 12.2. The number of carbonyl (C=O) groups is 1. The molecule has 3 rings (SSSR count). The third kappa shape index (κ3) is 3.80. The predicted octanol–water partition coefficient (Wildman–Crippen LogP) is 1.22. The van der Waals surface area contributed by atoms with Crippen molar-refractivity contribution in [3.63, 3.8) is 0 Å². The number of carbonyl (C=O) groups excluding carboxylic acids is 1. The van der Waals surface area contributed by atoms with Crippen molar-refractivity contribution in [2.24, 2.45) is 0 Å². The summed E-state index contributed by atoms with van der Waals surface area (Å²) in [5.41, 5.74) is -0.434. The van der Waals surface area contributed by atoms with Gasteiger partial charge >= 0.3 is 5.69 Å². The maximum Gasteiger partial charge on any atom is 0.369 e. The lowest BCUT2D eigenvalue weighted by atomic mass is 10.1. The minimum atomic E-state index is -0.434. The molecule has 0 saturated carbocycles. The highest BCUT2D eigenvalue weighted by atomic mass is 32.1. The standard InChI is InChI=1S/C15H17N5O3S/c1-11(6-7-12-4-2-8-23-12)16-13(21)10-19-15(22)20(18-17-19)14-5-3-9-24-14/h2-5,8-9,11H,6-7,10H2,1H3,(H,16,21)/t11-/m1/s1. The van der Waals surface area contributed by atoms with Crippen LogP contribution in [0.15, 0.2) is 45.1 Å². The molecule has 0 saturated heterocycles. The van der Waals surface area contributed by atoms with Crippen molar-refractivity contribution in [2.45, 2.75) is 32.4 Å². The minimum Gasteiger partial charge on any atom is -0.469 e. The molecule has 0 unspecified atom stereocenters. The third-order valence-electron chi connectivity index (χ3n) is 3.46. The van der Waals surface area contributed by atoms with Gasteiger partial charge in [0.25, 0.3) is 0 Å². The number of hydrogen-bond donors (Lipinski definition) is 1. The highest BCUT2D eigenvalue weighted by Gasteiger charge is 2.14. The maximum absolute atomic E-state index is 12.2. The van der Waals surface area contributed by atoms with Gasteiger partial charge in [-0.1, -0.05) is 0 Å². The quantitative estimate of drug-likeness (QED) is 0.693. The molecular weight excluding hydrogens is 330 g/mol. The van der Waals surface area contributed by atoms with Crippen LogP contribution in [0.5, 0.6) is 0 Å². The Kier molecular flexibility index (Phi) is 4.90. The summed E-state index contributed by atoms with van der Waals surface area (Å²) in [7, 11) is 0. The van der Waals surface area contributed by atoms with Crippen LogP contribution in [0.1, 0.15) is 19.1 Å². The lowest BCUT2D eigenvalue weighted by molar-refractivity contribution is -0.122. The van der Waals surface area contributed by atoms with Gasteiger partial charge in [-0.25, -0.2) is 4.79 Å². The summed E-state index contributed by atoms with van der Waals surface area (Å²) in [4.78, 5) is 24.2. The van der Waals surface area contributed by atoms with Gasteiger partial charge in [0.2, 0.25) is 5.91 Å². The Balaban J connectivity index is 1.54. The van der Waals surface area contributed by atoms with Crippen LogP contribution in [0, 0.1) is 0 Å². The van der Waals surface area contributed by atoms with Crippen molar-refractivity contribution in [3.05, 3.63) is 52.2 Å². The second-order valence-corrected chi connectivity index (χ2v) is 6.29. The van der Waals surface area contributed by atoms with Crippen molar-refractivity contribution in [1.29, 1.82) is 0 Å². The number of aromatic nitrogens is 4. The third-order valence-corrected chi connectivity index (χ3v) is 4.30. The Morgan fingerprint density at radius 3 is 2.96 bits per heavy atom. The van der Waals surface area contributed by atoms with E-state index in [1.165, 1.54) is 16.0 Å². The summed E-state index contributed by atoms with van der Waals surface area (Å²) in [5.74, 6) is 0.605. The van der Waals surface area contributed by atoms with Crippen LogP contribution < -0.4 is 11.0 Å². The Hall–Kier alpha value is -2.68. The average Bonchev–Trinajstić information content (AvgIpc) is 3.28. The van der Waals surface area contributed by atoms with E-state index in [4.69, 9.17) is 4.42 Å². The zero-order valence-corrected chi connectivity index (χ0v) is 13.9. The molecule has 0 bridgehead atoms. The highest BCUT2D eigenvalue weighted by molar-refractivity contribution is 7.12. The molecule has 3 aromatic heterocycles. The number of nitrogens with zero attached hydrogens (tertiary/aromatic N) is 4. The first-order chi connectivity index (χ1) is 11.6. The van der Waals surface area contributed by atoms with Gasteiger partial charge in [-0.3, -0.25) is 4.79 Å². The summed E-state index contributed by atoms with van der Waals surface area (Å²) in [6, 6.07) is 7.28. The first-order valence-electron chi connectivity index (χ1n) is 7.52. The smallest absolute Gasteiger partial charge is 0.369 e. The minimum absolute atomic E-state index is 0.0364. The Morgan fingerprint density at radius 2 is 2.25 bits per heavy atom. The molecule has 1 amide bonds. The molecule has 9 heteroatoms. The molecule has 0 radical (unpaired) electrons. The molecule has 126 valence electrons. The number of thiophene rings is 1. The topological polar surface area (TPSA) is 94.9 Å². The van der Waals surface area contributed by atoms with Gasteiger partial charge in [-0.05, 0) is 53.4 Å². The summed E-state index contributed by atoms with van der Waals surface area (Å²) >= 11 is 1.38. The lowest BCUT2D eigenvalue weighted by Crippen LogP contribution is -2.38. The van der Waals surface area contributed by atoms with E-state index in [2.05, 4.69) is 15.7 Å². The molecule has 0 fully saturated rings. The molecule has 1 atom stereocenters. The summed E-state index contributed by atoms with van der Waals surface area (Å²) in [6.07, 6.45) is 3.11. The zero-order chi connectivity index (χ0) is 16.9. The molecule has 8 nitrogen and oxygen atoms in total. The highest BCUT2D eigenvalue weighted by Crippen LogP contribution is 2.10. The fraction of sp³-hybridized carbons (Fsp3) is 0.333. The zero-order valence-electron chi connectivity index (χ0n) is 13.1. The van der Waals surface area contributed by atoms with Crippen LogP contribution in [-0.4, -0.2) is 31.7 Å². The van der Waals surface area contributed by atoms with Gasteiger partial charge in [0.1, 0.15) is 17.3 Å².